The lowest BCUT2D eigenvalue weighted by molar-refractivity contribution is 0.532. The molecule has 1 aromatic carbocycles. The standard InChI is InChI=1S/C16H26ClN/c1-2-3-4-5-6-7-11-16(18)13-14-9-8-10-15(17)12-14/h8-10,12,16H,2-7,11,13,18H2,1H3. The minimum Gasteiger partial charge on any atom is -0.327 e. The highest BCUT2D eigenvalue weighted by molar-refractivity contribution is 6.30. The zero-order valence-electron chi connectivity index (χ0n) is 11.5. The van der Waals surface area contributed by atoms with Crippen molar-refractivity contribution in [1.29, 1.82) is 0 Å². The number of benzene rings is 1. The van der Waals surface area contributed by atoms with Crippen LogP contribution in [-0.4, -0.2) is 6.04 Å². The highest BCUT2D eigenvalue weighted by Gasteiger charge is 2.04. The van der Waals surface area contributed by atoms with Gasteiger partial charge >= 0.3 is 0 Å². The van der Waals surface area contributed by atoms with E-state index in [1.807, 2.05) is 18.2 Å². The van der Waals surface area contributed by atoms with Crippen LogP contribution in [-0.2, 0) is 6.42 Å². The number of nitrogens with two attached hydrogens (primary N) is 1. The molecule has 0 saturated carbocycles. The lowest BCUT2D eigenvalue weighted by Crippen LogP contribution is -2.22. The number of hydrogen-bond acceptors (Lipinski definition) is 1. The first-order valence-electron chi connectivity index (χ1n) is 7.22. The van der Waals surface area contributed by atoms with Gasteiger partial charge in [0.15, 0.2) is 0 Å². The van der Waals surface area contributed by atoms with Crippen molar-refractivity contribution in [2.75, 3.05) is 0 Å². The summed E-state index contributed by atoms with van der Waals surface area (Å²) >= 11 is 5.96. The molecule has 18 heavy (non-hydrogen) atoms. The molecule has 1 unspecified atom stereocenters. The molecule has 0 bridgehead atoms. The average Bonchev–Trinajstić information content (AvgIpc) is 2.33. The lowest BCUT2D eigenvalue weighted by atomic mass is 10.0. The fourth-order valence-corrected chi connectivity index (χ4v) is 2.47. The van der Waals surface area contributed by atoms with E-state index >= 15 is 0 Å². The Labute approximate surface area is 117 Å². The van der Waals surface area contributed by atoms with Crippen molar-refractivity contribution in [2.24, 2.45) is 5.73 Å². The predicted octanol–water partition coefficient (Wildman–Crippen LogP) is 4.96. The van der Waals surface area contributed by atoms with Crippen LogP contribution in [0.1, 0.15) is 57.4 Å². The van der Waals surface area contributed by atoms with Crippen molar-refractivity contribution in [3.05, 3.63) is 34.9 Å². The highest BCUT2D eigenvalue weighted by atomic mass is 35.5. The average molecular weight is 268 g/mol. The summed E-state index contributed by atoms with van der Waals surface area (Å²) in [5, 5.41) is 0.805. The smallest absolute Gasteiger partial charge is 0.0408 e. The molecule has 0 amide bonds. The molecule has 102 valence electrons. The molecule has 1 nitrogen and oxygen atoms in total. The molecule has 0 spiro atoms. The van der Waals surface area contributed by atoms with E-state index < -0.39 is 0 Å². The summed E-state index contributed by atoms with van der Waals surface area (Å²) in [5.41, 5.74) is 7.40. The second-order valence-electron chi connectivity index (χ2n) is 5.15. The van der Waals surface area contributed by atoms with Crippen LogP contribution in [0.15, 0.2) is 24.3 Å². The fraction of sp³-hybridized carbons (Fsp3) is 0.625. The number of halogens is 1. The summed E-state index contributed by atoms with van der Waals surface area (Å²) in [6.45, 7) is 2.25. The topological polar surface area (TPSA) is 26.0 Å². The first-order valence-corrected chi connectivity index (χ1v) is 7.60. The summed E-state index contributed by atoms with van der Waals surface area (Å²) in [4.78, 5) is 0. The highest BCUT2D eigenvalue weighted by Crippen LogP contribution is 2.14. The molecule has 0 radical (unpaired) electrons. The maximum Gasteiger partial charge on any atom is 0.0408 e. The van der Waals surface area contributed by atoms with Gasteiger partial charge in [-0.2, -0.15) is 0 Å². The number of rotatable bonds is 9. The molecule has 0 fully saturated rings. The van der Waals surface area contributed by atoms with Gasteiger partial charge in [0.05, 0.1) is 0 Å². The maximum atomic E-state index is 6.15. The van der Waals surface area contributed by atoms with Crippen molar-refractivity contribution in [3.8, 4) is 0 Å². The van der Waals surface area contributed by atoms with Crippen molar-refractivity contribution < 1.29 is 0 Å². The van der Waals surface area contributed by atoms with E-state index in [0.29, 0.717) is 0 Å². The van der Waals surface area contributed by atoms with Crippen LogP contribution >= 0.6 is 11.6 Å². The van der Waals surface area contributed by atoms with Crippen LogP contribution in [0, 0.1) is 0 Å². The van der Waals surface area contributed by atoms with E-state index in [2.05, 4.69) is 13.0 Å². The Morgan fingerprint density at radius 3 is 2.56 bits per heavy atom. The zero-order chi connectivity index (χ0) is 13.2. The zero-order valence-corrected chi connectivity index (χ0v) is 12.3. The largest absolute Gasteiger partial charge is 0.327 e. The van der Waals surface area contributed by atoms with Gasteiger partial charge in [-0.3, -0.25) is 0 Å². The second kappa shape index (κ2) is 9.41. The van der Waals surface area contributed by atoms with E-state index in [9.17, 15) is 0 Å². The van der Waals surface area contributed by atoms with Gasteiger partial charge in [0, 0.05) is 11.1 Å². The lowest BCUT2D eigenvalue weighted by Gasteiger charge is -2.11. The maximum absolute atomic E-state index is 6.15. The van der Waals surface area contributed by atoms with Crippen molar-refractivity contribution in [3.63, 3.8) is 0 Å². The van der Waals surface area contributed by atoms with Crippen LogP contribution in [0.5, 0.6) is 0 Å². The Balaban J connectivity index is 2.12. The third kappa shape index (κ3) is 7.03. The van der Waals surface area contributed by atoms with Gasteiger partial charge in [-0.15, -0.1) is 0 Å². The molecule has 0 saturated heterocycles. The SMILES string of the molecule is CCCCCCCCC(N)Cc1cccc(Cl)c1. The number of hydrogen-bond donors (Lipinski definition) is 1. The van der Waals surface area contributed by atoms with Crippen molar-refractivity contribution in [1.82, 2.24) is 0 Å². The molecule has 0 aromatic heterocycles. The summed E-state index contributed by atoms with van der Waals surface area (Å²) in [6.07, 6.45) is 10.1. The molecule has 1 atom stereocenters. The van der Waals surface area contributed by atoms with Crippen molar-refractivity contribution in [2.45, 2.75) is 64.3 Å². The Kier molecular flexibility index (Phi) is 8.11. The van der Waals surface area contributed by atoms with Crippen LogP contribution in [0.3, 0.4) is 0 Å². The quantitative estimate of drug-likeness (QED) is 0.629. The van der Waals surface area contributed by atoms with Crippen LogP contribution in [0.4, 0.5) is 0 Å². The Bertz CT molecular complexity index is 325. The third-order valence-electron chi connectivity index (χ3n) is 3.32. The molecule has 1 rings (SSSR count). The molecule has 2 heteroatoms. The molecule has 0 heterocycles. The molecular formula is C16H26ClN. The third-order valence-corrected chi connectivity index (χ3v) is 3.55. The first-order chi connectivity index (χ1) is 8.72. The van der Waals surface area contributed by atoms with Crippen LogP contribution in [0.25, 0.3) is 0 Å². The van der Waals surface area contributed by atoms with E-state index in [4.69, 9.17) is 17.3 Å². The molecular weight excluding hydrogens is 242 g/mol. The van der Waals surface area contributed by atoms with Crippen LogP contribution in [0.2, 0.25) is 5.02 Å². The normalized spacial score (nSPS) is 12.6. The fourth-order valence-electron chi connectivity index (χ4n) is 2.26. The Morgan fingerprint density at radius 2 is 1.83 bits per heavy atom. The summed E-state index contributed by atoms with van der Waals surface area (Å²) in [5.74, 6) is 0. The minimum absolute atomic E-state index is 0.273. The van der Waals surface area contributed by atoms with Gasteiger partial charge in [0.25, 0.3) is 0 Å². The molecule has 2 N–H and O–H groups in total. The van der Waals surface area contributed by atoms with Crippen LogP contribution < -0.4 is 5.73 Å². The number of unbranched alkanes of at least 4 members (excludes halogenated alkanes) is 5. The second-order valence-corrected chi connectivity index (χ2v) is 5.59. The molecule has 0 aliphatic rings. The molecule has 0 aliphatic heterocycles. The van der Waals surface area contributed by atoms with Gasteiger partial charge < -0.3 is 5.73 Å². The van der Waals surface area contributed by atoms with E-state index in [-0.39, 0.29) is 6.04 Å². The molecule has 0 aliphatic carbocycles. The Hall–Kier alpha value is -0.530. The predicted molar refractivity (Wildman–Crippen MR) is 81.1 cm³/mol. The minimum atomic E-state index is 0.273. The summed E-state index contributed by atoms with van der Waals surface area (Å²) in [6, 6.07) is 8.30. The Morgan fingerprint density at radius 1 is 1.11 bits per heavy atom. The monoisotopic (exact) mass is 267 g/mol. The van der Waals surface area contributed by atoms with Gasteiger partial charge in [0.1, 0.15) is 0 Å². The van der Waals surface area contributed by atoms with Gasteiger partial charge in [-0.05, 0) is 30.5 Å². The van der Waals surface area contributed by atoms with Gasteiger partial charge in [0.2, 0.25) is 0 Å². The summed E-state index contributed by atoms with van der Waals surface area (Å²) < 4.78 is 0. The van der Waals surface area contributed by atoms with E-state index in [0.717, 1.165) is 17.9 Å². The van der Waals surface area contributed by atoms with Crippen molar-refractivity contribution >= 4 is 11.6 Å². The summed E-state index contributed by atoms with van der Waals surface area (Å²) in [7, 11) is 0. The van der Waals surface area contributed by atoms with E-state index in [1.54, 1.807) is 0 Å². The van der Waals surface area contributed by atoms with E-state index in [1.165, 1.54) is 44.1 Å². The van der Waals surface area contributed by atoms with Gasteiger partial charge in [-0.25, -0.2) is 0 Å². The first kappa shape index (κ1) is 15.5. The molecule has 1 aromatic rings. The van der Waals surface area contributed by atoms with Gasteiger partial charge in [-0.1, -0.05) is 69.2 Å².